The Kier molecular flexibility index (Phi) is 3.75. The van der Waals surface area contributed by atoms with Crippen molar-refractivity contribution in [2.75, 3.05) is 0 Å². The second-order valence-corrected chi connectivity index (χ2v) is 4.91. The van der Waals surface area contributed by atoms with E-state index in [1.54, 1.807) is 6.20 Å². The molecular weight excluding hydrogens is 262 g/mol. The Bertz CT molecular complexity index is 733. The van der Waals surface area contributed by atoms with Crippen LogP contribution in [0.5, 0.6) is 0 Å². The molecule has 0 amide bonds. The molecule has 0 saturated heterocycles. The third-order valence-corrected chi connectivity index (χ3v) is 3.51. The Morgan fingerprint density at radius 1 is 1.14 bits per heavy atom. The summed E-state index contributed by atoms with van der Waals surface area (Å²) in [6, 6.07) is 12.2. The Balaban J connectivity index is 2.04. The van der Waals surface area contributed by atoms with E-state index in [0.717, 1.165) is 17.0 Å². The Hall–Kier alpha value is -2.53. The molecule has 5 nitrogen and oxygen atoms in total. The van der Waals surface area contributed by atoms with Gasteiger partial charge in [0, 0.05) is 24.5 Å². The zero-order valence-electron chi connectivity index (χ0n) is 11.9. The van der Waals surface area contributed by atoms with Gasteiger partial charge in [0.25, 0.3) is 0 Å². The average Bonchev–Trinajstić information content (AvgIpc) is 2.93. The highest BCUT2D eigenvalue weighted by molar-refractivity contribution is 5.60. The van der Waals surface area contributed by atoms with Crippen LogP contribution in [0.2, 0.25) is 0 Å². The fourth-order valence-corrected chi connectivity index (χ4v) is 2.36. The predicted octanol–water partition coefficient (Wildman–Crippen LogP) is 2.16. The van der Waals surface area contributed by atoms with Gasteiger partial charge in [-0.2, -0.15) is 0 Å². The monoisotopic (exact) mass is 279 g/mol. The van der Waals surface area contributed by atoms with E-state index in [0.29, 0.717) is 13.1 Å². The van der Waals surface area contributed by atoms with Gasteiger partial charge in [-0.1, -0.05) is 29.5 Å². The molecule has 106 valence electrons. The van der Waals surface area contributed by atoms with Crippen molar-refractivity contribution in [3.8, 4) is 11.3 Å². The molecule has 3 aromatic rings. The number of hydrogen-bond donors (Lipinski definition) is 1. The SMILES string of the molecule is Cc1ccccc1Cn1nnc(CN)c1-c1cccnc1. The maximum atomic E-state index is 5.79. The number of pyridine rings is 1. The quantitative estimate of drug-likeness (QED) is 0.794. The van der Waals surface area contributed by atoms with Gasteiger partial charge in [-0.25, -0.2) is 4.68 Å². The summed E-state index contributed by atoms with van der Waals surface area (Å²) in [6.45, 7) is 3.13. The highest BCUT2D eigenvalue weighted by Crippen LogP contribution is 2.22. The first kappa shape index (κ1) is 13.5. The van der Waals surface area contributed by atoms with Gasteiger partial charge in [0.15, 0.2) is 0 Å². The van der Waals surface area contributed by atoms with E-state index in [1.165, 1.54) is 11.1 Å². The minimum absolute atomic E-state index is 0.359. The average molecular weight is 279 g/mol. The zero-order chi connectivity index (χ0) is 14.7. The van der Waals surface area contributed by atoms with Crippen LogP contribution >= 0.6 is 0 Å². The first-order valence-electron chi connectivity index (χ1n) is 6.87. The van der Waals surface area contributed by atoms with Gasteiger partial charge < -0.3 is 5.73 Å². The van der Waals surface area contributed by atoms with Gasteiger partial charge in [0.05, 0.1) is 12.2 Å². The lowest BCUT2D eigenvalue weighted by Gasteiger charge is -2.09. The van der Waals surface area contributed by atoms with Crippen LogP contribution in [-0.4, -0.2) is 20.0 Å². The molecule has 5 heteroatoms. The van der Waals surface area contributed by atoms with Gasteiger partial charge in [0.2, 0.25) is 0 Å². The second kappa shape index (κ2) is 5.85. The largest absolute Gasteiger partial charge is 0.325 e. The summed E-state index contributed by atoms with van der Waals surface area (Å²) < 4.78 is 1.89. The van der Waals surface area contributed by atoms with E-state index in [9.17, 15) is 0 Å². The van der Waals surface area contributed by atoms with Crippen LogP contribution in [0.15, 0.2) is 48.8 Å². The highest BCUT2D eigenvalue weighted by atomic mass is 15.4. The number of rotatable bonds is 4. The minimum atomic E-state index is 0.359. The number of hydrogen-bond acceptors (Lipinski definition) is 4. The molecule has 2 aromatic heterocycles. The van der Waals surface area contributed by atoms with E-state index in [4.69, 9.17) is 5.73 Å². The molecule has 0 aliphatic carbocycles. The Morgan fingerprint density at radius 3 is 2.71 bits per heavy atom. The lowest BCUT2D eigenvalue weighted by molar-refractivity contribution is 0.652. The third-order valence-electron chi connectivity index (χ3n) is 3.51. The third kappa shape index (κ3) is 2.68. The van der Waals surface area contributed by atoms with Crippen LogP contribution in [0, 0.1) is 6.92 Å². The molecule has 0 atom stereocenters. The van der Waals surface area contributed by atoms with Crippen LogP contribution in [0.1, 0.15) is 16.8 Å². The van der Waals surface area contributed by atoms with Crippen LogP contribution in [0.3, 0.4) is 0 Å². The molecule has 0 aliphatic rings. The van der Waals surface area contributed by atoms with Crippen molar-refractivity contribution in [2.45, 2.75) is 20.0 Å². The summed E-state index contributed by atoms with van der Waals surface area (Å²) >= 11 is 0. The summed E-state index contributed by atoms with van der Waals surface area (Å²) in [7, 11) is 0. The van der Waals surface area contributed by atoms with Gasteiger partial charge in [-0.3, -0.25) is 4.98 Å². The molecule has 0 saturated carbocycles. The number of nitrogens with two attached hydrogens (primary N) is 1. The molecule has 3 rings (SSSR count). The van der Waals surface area contributed by atoms with E-state index in [-0.39, 0.29) is 0 Å². The fourth-order valence-electron chi connectivity index (χ4n) is 2.36. The lowest BCUT2D eigenvalue weighted by Crippen LogP contribution is -2.07. The minimum Gasteiger partial charge on any atom is -0.325 e. The molecule has 1 aromatic carbocycles. The first-order valence-corrected chi connectivity index (χ1v) is 6.87. The molecule has 2 heterocycles. The van der Waals surface area contributed by atoms with Crippen molar-refractivity contribution in [3.63, 3.8) is 0 Å². The Labute approximate surface area is 123 Å². The standard InChI is InChI=1S/C16H17N5/c1-12-5-2-3-6-14(12)11-21-16(15(9-17)19-20-21)13-7-4-8-18-10-13/h2-8,10H,9,11,17H2,1H3. The number of aryl methyl sites for hydroxylation is 1. The van der Waals surface area contributed by atoms with Crippen LogP contribution < -0.4 is 5.73 Å². The van der Waals surface area contributed by atoms with E-state index in [2.05, 4.69) is 34.4 Å². The maximum absolute atomic E-state index is 5.79. The van der Waals surface area contributed by atoms with Crippen molar-refractivity contribution in [1.82, 2.24) is 20.0 Å². The summed E-state index contributed by atoms with van der Waals surface area (Å²) in [5.74, 6) is 0. The van der Waals surface area contributed by atoms with Crippen molar-refractivity contribution in [3.05, 3.63) is 65.6 Å². The van der Waals surface area contributed by atoms with Gasteiger partial charge in [-0.15, -0.1) is 5.10 Å². The number of aromatic nitrogens is 4. The van der Waals surface area contributed by atoms with Crippen LogP contribution in [0.4, 0.5) is 0 Å². The van der Waals surface area contributed by atoms with Crippen LogP contribution in [0.25, 0.3) is 11.3 Å². The zero-order valence-corrected chi connectivity index (χ0v) is 11.9. The molecule has 0 bridgehead atoms. The summed E-state index contributed by atoms with van der Waals surface area (Å²) in [5, 5.41) is 8.46. The van der Waals surface area contributed by atoms with Crippen molar-refractivity contribution in [1.29, 1.82) is 0 Å². The molecule has 0 fully saturated rings. The summed E-state index contributed by atoms with van der Waals surface area (Å²) in [4.78, 5) is 4.17. The maximum Gasteiger partial charge on any atom is 0.104 e. The summed E-state index contributed by atoms with van der Waals surface area (Å²) in [5.41, 5.74) is 11.0. The van der Waals surface area contributed by atoms with Gasteiger partial charge in [-0.05, 0) is 30.2 Å². The molecule has 2 N–H and O–H groups in total. The van der Waals surface area contributed by atoms with Crippen molar-refractivity contribution in [2.24, 2.45) is 5.73 Å². The topological polar surface area (TPSA) is 69.6 Å². The molecule has 0 unspecified atom stereocenters. The predicted molar refractivity (Wildman–Crippen MR) is 81.4 cm³/mol. The normalized spacial score (nSPS) is 10.8. The van der Waals surface area contributed by atoms with E-state index < -0.39 is 0 Å². The second-order valence-electron chi connectivity index (χ2n) is 4.91. The molecule has 21 heavy (non-hydrogen) atoms. The lowest BCUT2D eigenvalue weighted by atomic mass is 10.1. The van der Waals surface area contributed by atoms with Crippen molar-refractivity contribution < 1.29 is 0 Å². The fraction of sp³-hybridized carbons (Fsp3) is 0.188. The van der Waals surface area contributed by atoms with Gasteiger partial charge in [0.1, 0.15) is 5.69 Å². The number of nitrogens with zero attached hydrogens (tertiary/aromatic N) is 4. The number of benzene rings is 1. The highest BCUT2D eigenvalue weighted by Gasteiger charge is 2.14. The van der Waals surface area contributed by atoms with Crippen LogP contribution in [-0.2, 0) is 13.1 Å². The molecule has 0 radical (unpaired) electrons. The van der Waals surface area contributed by atoms with Crippen molar-refractivity contribution >= 4 is 0 Å². The molecule has 0 spiro atoms. The first-order chi connectivity index (χ1) is 10.3. The molecule has 0 aliphatic heterocycles. The smallest absolute Gasteiger partial charge is 0.104 e. The summed E-state index contributed by atoms with van der Waals surface area (Å²) in [6.07, 6.45) is 3.56. The molecular formula is C16H17N5. The van der Waals surface area contributed by atoms with E-state index in [1.807, 2.05) is 35.1 Å². The van der Waals surface area contributed by atoms with E-state index >= 15 is 0 Å². The Morgan fingerprint density at radius 2 is 2.00 bits per heavy atom. The van der Waals surface area contributed by atoms with Gasteiger partial charge >= 0.3 is 0 Å².